The van der Waals surface area contributed by atoms with E-state index in [9.17, 15) is 13.2 Å². The molecule has 2 saturated heterocycles. The molecule has 0 spiro atoms. The Bertz CT molecular complexity index is 755. The molecular weight excluding hydrogens is 340 g/mol. The summed E-state index contributed by atoms with van der Waals surface area (Å²) in [5, 5.41) is 4.05. The Morgan fingerprint density at radius 2 is 2.00 bits per heavy atom. The minimum atomic E-state index is -3.03. The molecule has 7 nitrogen and oxygen atoms in total. The van der Waals surface area contributed by atoms with E-state index in [0.717, 1.165) is 38.2 Å². The summed E-state index contributed by atoms with van der Waals surface area (Å²) >= 11 is 0. The van der Waals surface area contributed by atoms with Gasteiger partial charge in [0.05, 0.1) is 28.9 Å². The molecule has 1 aromatic heterocycles. The number of nitrogens with zero attached hydrogens (tertiary/aromatic N) is 4. The number of anilines is 1. The van der Waals surface area contributed by atoms with Crippen molar-refractivity contribution >= 4 is 15.5 Å². The number of hydrogen-bond acceptors (Lipinski definition) is 6. The van der Waals surface area contributed by atoms with Crippen LogP contribution in [-0.4, -0.2) is 66.8 Å². The van der Waals surface area contributed by atoms with Crippen molar-refractivity contribution < 1.29 is 8.42 Å². The molecular formula is C17H28N4O3S. The lowest BCUT2D eigenvalue weighted by Crippen LogP contribution is -2.43. The van der Waals surface area contributed by atoms with E-state index in [2.05, 4.69) is 14.9 Å². The van der Waals surface area contributed by atoms with E-state index in [4.69, 9.17) is 0 Å². The Kier molecular flexibility index (Phi) is 5.48. The molecule has 0 amide bonds. The smallest absolute Gasteiger partial charge is 0.269 e. The van der Waals surface area contributed by atoms with Gasteiger partial charge in [-0.15, -0.1) is 0 Å². The Morgan fingerprint density at radius 3 is 2.60 bits per heavy atom. The highest BCUT2D eigenvalue weighted by atomic mass is 32.2. The second-order valence-electron chi connectivity index (χ2n) is 7.35. The highest BCUT2D eigenvalue weighted by Gasteiger charge is 2.25. The molecule has 25 heavy (non-hydrogen) atoms. The van der Waals surface area contributed by atoms with Crippen LogP contribution in [0.1, 0.15) is 39.2 Å². The maximum atomic E-state index is 12.5. The minimum Gasteiger partial charge on any atom is -0.370 e. The lowest BCUT2D eigenvalue weighted by Gasteiger charge is -2.34. The first kappa shape index (κ1) is 18.4. The molecule has 3 rings (SSSR count). The zero-order valence-electron chi connectivity index (χ0n) is 15.1. The van der Waals surface area contributed by atoms with Gasteiger partial charge in [-0.05, 0) is 39.7 Å². The molecule has 0 saturated carbocycles. The van der Waals surface area contributed by atoms with Gasteiger partial charge in [0.2, 0.25) is 0 Å². The van der Waals surface area contributed by atoms with Crippen LogP contribution in [0.2, 0.25) is 0 Å². The van der Waals surface area contributed by atoms with Gasteiger partial charge in [0.25, 0.3) is 5.56 Å². The van der Waals surface area contributed by atoms with Crippen LogP contribution in [0.5, 0.6) is 0 Å². The van der Waals surface area contributed by atoms with Gasteiger partial charge in [-0.25, -0.2) is 13.1 Å². The largest absolute Gasteiger partial charge is 0.370 e. The van der Waals surface area contributed by atoms with E-state index >= 15 is 0 Å². The van der Waals surface area contributed by atoms with E-state index in [1.165, 1.54) is 6.42 Å². The average molecular weight is 369 g/mol. The van der Waals surface area contributed by atoms with Crippen molar-refractivity contribution in [1.82, 2.24) is 14.7 Å². The molecule has 0 aromatic carbocycles. The molecule has 0 bridgehead atoms. The molecule has 0 unspecified atom stereocenters. The predicted octanol–water partition coefficient (Wildman–Crippen LogP) is 0.913. The van der Waals surface area contributed by atoms with Gasteiger partial charge < -0.3 is 9.80 Å². The van der Waals surface area contributed by atoms with Crippen molar-refractivity contribution in [2.75, 3.05) is 43.4 Å². The molecule has 3 heterocycles. The van der Waals surface area contributed by atoms with Gasteiger partial charge in [0.15, 0.2) is 9.84 Å². The highest BCUT2D eigenvalue weighted by Crippen LogP contribution is 2.21. The fraction of sp³-hybridized carbons (Fsp3) is 0.765. The summed E-state index contributed by atoms with van der Waals surface area (Å²) in [7, 11) is -3.03. The summed E-state index contributed by atoms with van der Waals surface area (Å²) < 4.78 is 25.6. The van der Waals surface area contributed by atoms with Gasteiger partial charge >= 0.3 is 0 Å². The van der Waals surface area contributed by atoms with E-state index < -0.39 is 9.84 Å². The van der Waals surface area contributed by atoms with Crippen molar-refractivity contribution in [3.8, 4) is 0 Å². The molecule has 1 aromatic rings. The third-order valence-corrected chi connectivity index (χ3v) is 7.46. The Balaban J connectivity index is 1.64. The van der Waals surface area contributed by atoms with E-state index in [1.54, 1.807) is 30.8 Å². The van der Waals surface area contributed by atoms with E-state index in [0.29, 0.717) is 13.1 Å². The van der Waals surface area contributed by atoms with Gasteiger partial charge in [-0.3, -0.25) is 4.79 Å². The first-order valence-corrected chi connectivity index (χ1v) is 10.9. The van der Waals surface area contributed by atoms with Crippen LogP contribution in [0.4, 0.5) is 5.69 Å². The first-order chi connectivity index (χ1) is 11.9. The Labute approximate surface area is 149 Å². The van der Waals surface area contributed by atoms with Crippen LogP contribution in [0.25, 0.3) is 0 Å². The summed E-state index contributed by atoms with van der Waals surface area (Å²) in [5.74, 6) is 0.174. The molecule has 1 atom stereocenters. The monoisotopic (exact) mass is 368 g/mol. The number of hydrogen-bond donors (Lipinski definition) is 0. The van der Waals surface area contributed by atoms with Gasteiger partial charge in [-0.2, -0.15) is 5.10 Å². The number of rotatable bonds is 6. The maximum Gasteiger partial charge on any atom is 0.269 e. The number of likely N-dealkylation sites (tertiary alicyclic amines) is 1. The molecule has 2 fully saturated rings. The molecule has 2 aliphatic heterocycles. The molecule has 0 aliphatic carbocycles. The average Bonchev–Trinajstić information content (AvgIpc) is 2.52. The quantitative estimate of drug-likeness (QED) is 0.743. The van der Waals surface area contributed by atoms with Gasteiger partial charge in [0, 0.05) is 32.2 Å². The minimum absolute atomic E-state index is 0.0217. The lowest BCUT2D eigenvalue weighted by atomic mass is 10.1. The van der Waals surface area contributed by atoms with Crippen molar-refractivity contribution in [3.63, 3.8) is 0 Å². The van der Waals surface area contributed by atoms with Crippen molar-refractivity contribution in [3.05, 3.63) is 22.6 Å². The zero-order valence-corrected chi connectivity index (χ0v) is 15.9. The zero-order chi connectivity index (χ0) is 18.0. The van der Waals surface area contributed by atoms with Crippen LogP contribution in [-0.2, 0) is 9.84 Å². The molecule has 140 valence electrons. The molecule has 8 heteroatoms. The molecule has 2 aliphatic rings. The van der Waals surface area contributed by atoms with E-state index in [-0.39, 0.29) is 22.6 Å². The fourth-order valence-electron chi connectivity index (χ4n) is 3.36. The molecule has 0 radical (unpaired) electrons. The van der Waals surface area contributed by atoms with Gasteiger partial charge in [0.1, 0.15) is 0 Å². The number of aromatic nitrogens is 2. The Morgan fingerprint density at radius 1 is 1.24 bits per heavy atom. The third kappa shape index (κ3) is 4.23. The third-order valence-electron chi connectivity index (χ3n) is 5.27. The standard InChI is InChI=1S/C17H28N4O3S/c1-14(2)25(23,24)10-9-19-6-3-5-15(13-19)21-17(22)11-16(12-18-21)20-7-4-8-20/h11-12,14-15H,3-10,13H2,1-2H3/t15-/m0/s1. The van der Waals surface area contributed by atoms with E-state index in [1.807, 2.05) is 0 Å². The summed E-state index contributed by atoms with van der Waals surface area (Å²) in [6.45, 7) is 7.51. The number of sulfone groups is 1. The van der Waals surface area contributed by atoms with Crippen LogP contribution in [0, 0.1) is 0 Å². The normalized spacial score (nSPS) is 22.2. The predicted molar refractivity (Wildman–Crippen MR) is 99.0 cm³/mol. The summed E-state index contributed by atoms with van der Waals surface area (Å²) in [6, 6.07) is 1.70. The fourth-order valence-corrected chi connectivity index (χ4v) is 4.34. The van der Waals surface area contributed by atoms with Crippen LogP contribution in [0.15, 0.2) is 17.1 Å². The van der Waals surface area contributed by atoms with Crippen LogP contribution in [0.3, 0.4) is 0 Å². The van der Waals surface area contributed by atoms with Gasteiger partial charge in [-0.1, -0.05) is 0 Å². The van der Waals surface area contributed by atoms with Crippen molar-refractivity contribution in [1.29, 1.82) is 0 Å². The highest BCUT2D eigenvalue weighted by molar-refractivity contribution is 7.92. The van der Waals surface area contributed by atoms with Crippen LogP contribution < -0.4 is 10.5 Å². The first-order valence-electron chi connectivity index (χ1n) is 9.14. The summed E-state index contributed by atoms with van der Waals surface area (Å²) in [5.41, 5.74) is 0.842. The second kappa shape index (κ2) is 7.45. The second-order valence-corrected chi connectivity index (χ2v) is 10.0. The summed E-state index contributed by atoms with van der Waals surface area (Å²) in [4.78, 5) is 16.8. The maximum absolute atomic E-state index is 12.5. The van der Waals surface area contributed by atoms with Crippen molar-refractivity contribution in [2.45, 2.75) is 44.4 Å². The Hall–Kier alpha value is -1.41. The van der Waals surface area contributed by atoms with Crippen LogP contribution >= 0.6 is 0 Å². The van der Waals surface area contributed by atoms with Crippen molar-refractivity contribution in [2.24, 2.45) is 0 Å². The lowest BCUT2D eigenvalue weighted by molar-refractivity contribution is 0.174. The topological polar surface area (TPSA) is 75.5 Å². The summed E-state index contributed by atoms with van der Waals surface area (Å²) in [6.07, 6.45) is 4.81. The molecule has 0 N–H and O–H groups in total. The number of piperidine rings is 1. The SMILES string of the molecule is CC(C)S(=O)(=O)CCN1CCC[C@H](n2ncc(N3CCC3)cc2=O)C1.